The Morgan fingerprint density at radius 3 is 2.59 bits per heavy atom. The summed E-state index contributed by atoms with van der Waals surface area (Å²) in [6.07, 6.45) is 1.51. The fraction of sp³-hybridized carbons (Fsp3) is 0.333. The van der Waals surface area contributed by atoms with Crippen LogP contribution in [-0.4, -0.2) is 36.8 Å². The molecule has 1 aliphatic heterocycles. The van der Waals surface area contributed by atoms with Gasteiger partial charge in [-0.05, 0) is 43.5 Å². The first kappa shape index (κ1) is 22.2. The van der Waals surface area contributed by atoms with Crippen LogP contribution in [0.3, 0.4) is 0 Å². The van der Waals surface area contributed by atoms with Crippen molar-refractivity contribution >= 4 is 15.6 Å². The van der Waals surface area contributed by atoms with Crippen molar-refractivity contribution in [3.63, 3.8) is 0 Å². The zero-order valence-electron chi connectivity index (χ0n) is 18.4. The van der Waals surface area contributed by atoms with Crippen LogP contribution in [0.1, 0.15) is 52.1 Å². The average molecular weight is 455 g/mol. The molecule has 32 heavy (non-hydrogen) atoms. The molecule has 0 aliphatic carbocycles. The first-order valence-corrected chi connectivity index (χ1v) is 12.2. The summed E-state index contributed by atoms with van der Waals surface area (Å²) >= 11 is 0. The summed E-state index contributed by atoms with van der Waals surface area (Å²) in [5, 5.41) is 4.32. The predicted octanol–water partition coefficient (Wildman–Crippen LogP) is 3.89. The van der Waals surface area contributed by atoms with Gasteiger partial charge in [0.2, 0.25) is 5.88 Å². The van der Waals surface area contributed by atoms with Crippen LogP contribution >= 0.6 is 0 Å². The van der Waals surface area contributed by atoms with Gasteiger partial charge >= 0.3 is 0 Å². The first-order valence-electron chi connectivity index (χ1n) is 10.5. The average Bonchev–Trinajstić information content (AvgIpc) is 3.21. The Kier molecular flexibility index (Phi) is 6.17. The number of nitrogens with zero attached hydrogens (tertiary/aromatic N) is 2. The number of sulfone groups is 1. The van der Waals surface area contributed by atoms with Crippen molar-refractivity contribution in [3.8, 4) is 5.88 Å². The number of carbonyl (C=O) groups is 1. The molecule has 4 rings (SSSR count). The molecule has 3 aromatic rings. The van der Waals surface area contributed by atoms with Crippen molar-refractivity contribution in [2.75, 3.05) is 12.9 Å². The molecule has 0 spiro atoms. The smallest absolute Gasteiger partial charge is 0.223 e. The molecule has 2 aromatic carbocycles. The van der Waals surface area contributed by atoms with Gasteiger partial charge in [0.15, 0.2) is 15.6 Å². The van der Waals surface area contributed by atoms with Gasteiger partial charge in [-0.15, -0.1) is 0 Å². The van der Waals surface area contributed by atoms with Crippen LogP contribution in [0.25, 0.3) is 0 Å². The zero-order valence-corrected chi connectivity index (χ0v) is 19.2. The van der Waals surface area contributed by atoms with Crippen LogP contribution in [0.5, 0.6) is 5.88 Å². The number of rotatable bonds is 7. The van der Waals surface area contributed by atoms with E-state index in [4.69, 9.17) is 9.47 Å². The van der Waals surface area contributed by atoms with Crippen LogP contribution < -0.4 is 4.74 Å². The monoisotopic (exact) mass is 454 g/mol. The summed E-state index contributed by atoms with van der Waals surface area (Å²) < 4.78 is 38.4. The molecule has 1 atom stereocenters. The molecule has 8 heteroatoms. The molecule has 0 bridgehead atoms. The Balaban J connectivity index is 1.73. The second-order valence-corrected chi connectivity index (χ2v) is 9.84. The maximum absolute atomic E-state index is 13.5. The van der Waals surface area contributed by atoms with E-state index >= 15 is 0 Å². The topological polar surface area (TPSA) is 87.5 Å². The molecule has 168 valence electrons. The van der Waals surface area contributed by atoms with Crippen LogP contribution in [0.4, 0.5) is 0 Å². The summed E-state index contributed by atoms with van der Waals surface area (Å²) in [4.78, 5) is 13.8. The maximum atomic E-state index is 13.5. The van der Waals surface area contributed by atoms with Gasteiger partial charge in [0, 0.05) is 24.8 Å². The lowest BCUT2D eigenvalue weighted by atomic mass is 9.93. The van der Waals surface area contributed by atoms with Gasteiger partial charge in [0.25, 0.3) is 0 Å². The van der Waals surface area contributed by atoms with Crippen molar-refractivity contribution in [1.82, 2.24) is 9.78 Å². The minimum atomic E-state index is -3.39. The number of fused-ring (bicyclic) bond motifs is 1. The molecule has 1 unspecified atom stereocenters. The molecule has 0 fully saturated rings. The summed E-state index contributed by atoms with van der Waals surface area (Å²) in [5.74, 6) is 0.173. The lowest BCUT2D eigenvalue weighted by Crippen LogP contribution is -2.23. The number of hydrogen-bond acceptors (Lipinski definition) is 6. The number of hydrogen-bond donors (Lipinski definition) is 0. The lowest BCUT2D eigenvalue weighted by Gasteiger charge is -2.27. The Morgan fingerprint density at radius 1 is 1.16 bits per heavy atom. The number of aromatic nitrogens is 2. The van der Waals surface area contributed by atoms with E-state index in [1.54, 1.807) is 24.8 Å². The number of ether oxygens (including phenoxy) is 2. The Hall–Kier alpha value is -2.97. The van der Waals surface area contributed by atoms with Gasteiger partial charge in [-0.2, -0.15) is 5.10 Å². The fourth-order valence-electron chi connectivity index (χ4n) is 4.15. The third-order valence-electron chi connectivity index (χ3n) is 5.86. The minimum absolute atomic E-state index is 0.0337. The molecule has 0 radical (unpaired) electrons. The van der Waals surface area contributed by atoms with Gasteiger partial charge in [0.1, 0.15) is 12.2 Å². The molecular formula is C24H26N2O5S. The van der Waals surface area contributed by atoms with Gasteiger partial charge in [-0.25, -0.2) is 13.1 Å². The molecule has 0 N–H and O–H groups in total. The maximum Gasteiger partial charge on any atom is 0.223 e. The summed E-state index contributed by atoms with van der Waals surface area (Å²) in [7, 11) is -1.84. The van der Waals surface area contributed by atoms with Crippen LogP contribution in [0, 0.1) is 6.92 Å². The van der Waals surface area contributed by atoms with Gasteiger partial charge in [-0.3, -0.25) is 4.79 Å². The van der Waals surface area contributed by atoms with E-state index in [2.05, 4.69) is 5.10 Å². The molecule has 7 nitrogen and oxygen atoms in total. The van der Waals surface area contributed by atoms with Crippen molar-refractivity contribution in [1.29, 1.82) is 0 Å². The van der Waals surface area contributed by atoms with E-state index in [0.29, 0.717) is 47.7 Å². The third-order valence-corrected chi connectivity index (χ3v) is 7.66. The number of benzene rings is 2. The molecule has 1 aromatic heterocycles. The van der Waals surface area contributed by atoms with Gasteiger partial charge in [0.05, 0.1) is 22.9 Å². The van der Waals surface area contributed by atoms with E-state index in [1.807, 2.05) is 37.3 Å². The Labute approximate surface area is 187 Å². The van der Waals surface area contributed by atoms with Crippen LogP contribution in [0.2, 0.25) is 0 Å². The molecule has 0 saturated heterocycles. The number of carbonyl (C=O) groups excluding carboxylic acids is 1. The predicted molar refractivity (Wildman–Crippen MR) is 120 cm³/mol. The third kappa shape index (κ3) is 3.96. The van der Waals surface area contributed by atoms with Gasteiger partial charge < -0.3 is 9.47 Å². The van der Waals surface area contributed by atoms with Crippen molar-refractivity contribution in [2.24, 2.45) is 0 Å². The number of ketones is 1. The largest absolute Gasteiger partial charge is 0.472 e. The highest BCUT2D eigenvalue weighted by atomic mass is 32.2. The molecular weight excluding hydrogens is 428 g/mol. The fourth-order valence-corrected chi connectivity index (χ4v) is 5.79. The molecule has 0 saturated carbocycles. The van der Waals surface area contributed by atoms with E-state index in [0.717, 1.165) is 5.56 Å². The van der Waals surface area contributed by atoms with Crippen molar-refractivity contribution in [2.45, 2.75) is 44.4 Å². The second-order valence-electron chi connectivity index (χ2n) is 7.76. The normalized spacial score (nSPS) is 17.0. The van der Waals surface area contributed by atoms with E-state index < -0.39 is 9.84 Å². The molecule has 1 aliphatic rings. The number of aryl methyl sites for hydroxylation is 1. The number of methoxy groups -OCH3 is 1. The Bertz CT molecular complexity index is 1250. The second kappa shape index (κ2) is 8.88. The summed E-state index contributed by atoms with van der Waals surface area (Å²) in [6, 6.07) is 12.8. The van der Waals surface area contributed by atoms with Crippen molar-refractivity contribution < 1.29 is 22.7 Å². The SMILES string of the molecule is CCn1ncc(C(=O)c2ccc3c(c2C)C(OC)CCS3(=O)=O)c1OCc1ccccc1. The van der Waals surface area contributed by atoms with Crippen LogP contribution in [0.15, 0.2) is 53.6 Å². The highest BCUT2D eigenvalue weighted by Gasteiger charge is 2.34. The van der Waals surface area contributed by atoms with Crippen LogP contribution in [-0.2, 0) is 27.7 Å². The van der Waals surface area contributed by atoms with Gasteiger partial charge in [-0.1, -0.05) is 30.3 Å². The quantitative estimate of drug-likeness (QED) is 0.504. The highest BCUT2D eigenvalue weighted by Crippen LogP contribution is 2.38. The van der Waals surface area contributed by atoms with Crippen molar-refractivity contribution in [3.05, 3.63) is 76.5 Å². The standard InChI is InChI=1S/C24H26N2O5S/c1-4-26-24(31-15-17-8-6-5-7-9-17)19(14-25-26)23(27)18-10-11-21-22(16(18)2)20(30-3)12-13-32(21,28)29/h5-11,14,20H,4,12-13,15H2,1-3H3. The summed E-state index contributed by atoms with van der Waals surface area (Å²) in [5.41, 5.74) is 2.93. The highest BCUT2D eigenvalue weighted by molar-refractivity contribution is 7.91. The molecule has 0 amide bonds. The van der Waals surface area contributed by atoms with E-state index in [9.17, 15) is 13.2 Å². The Morgan fingerprint density at radius 2 is 1.91 bits per heavy atom. The molecule has 2 heterocycles. The zero-order chi connectivity index (χ0) is 22.9. The van der Waals surface area contributed by atoms with E-state index in [1.165, 1.54) is 12.3 Å². The minimum Gasteiger partial charge on any atom is -0.472 e. The summed E-state index contributed by atoms with van der Waals surface area (Å²) in [6.45, 7) is 4.55. The van der Waals surface area contributed by atoms with E-state index in [-0.39, 0.29) is 22.5 Å². The first-order chi connectivity index (χ1) is 15.4. The lowest BCUT2D eigenvalue weighted by molar-refractivity contribution is 0.0952.